The van der Waals surface area contributed by atoms with Gasteiger partial charge in [-0.15, -0.1) is 11.3 Å². The van der Waals surface area contributed by atoms with Crippen molar-refractivity contribution in [1.29, 1.82) is 0 Å². The van der Waals surface area contributed by atoms with Crippen molar-refractivity contribution in [2.75, 3.05) is 19.6 Å². The highest BCUT2D eigenvalue weighted by atomic mass is 32.1. The topological polar surface area (TPSA) is 79.3 Å². The zero-order valence-electron chi connectivity index (χ0n) is 16.3. The summed E-state index contributed by atoms with van der Waals surface area (Å²) >= 11 is 1.50. The lowest BCUT2D eigenvalue weighted by molar-refractivity contribution is -0.139. The zero-order chi connectivity index (χ0) is 19.7. The molecule has 2 aliphatic heterocycles. The van der Waals surface area contributed by atoms with Crippen molar-refractivity contribution < 1.29 is 9.59 Å². The monoisotopic (exact) mass is 399 g/mol. The van der Waals surface area contributed by atoms with Crippen LogP contribution in [0, 0.1) is 19.3 Å². The molecule has 2 amide bonds. The van der Waals surface area contributed by atoms with Gasteiger partial charge in [-0.1, -0.05) is 0 Å². The third-order valence-corrected chi connectivity index (χ3v) is 6.50. The van der Waals surface area contributed by atoms with Crippen LogP contribution in [0.1, 0.15) is 52.6 Å². The number of rotatable bonds is 3. The Morgan fingerprint density at radius 1 is 1.21 bits per heavy atom. The van der Waals surface area contributed by atoms with Gasteiger partial charge >= 0.3 is 0 Å². The van der Waals surface area contributed by atoms with E-state index in [0.717, 1.165) is 42.2 Å². The van der Waals surface area contributed by atoms with E-state index >= 15 is 0 Å². The lowest BCUT2D eigenvalue weighted by Gasteiger charge is -2.48. The largest absolute Gasteiger partial charge is 0.337 e. The summed E-state index contributed by atoms with van der Waals surface area (Å²) in [5, 5.41) is 2.75. The molecule has 0 saturated carbocycles. The van der Waals surface area contributed by atoms with E-state index in [2.05, 4.69) is 15.0 Å². The molecule has 28 heavy (non-hydrogen) atoms. The van der Waals surface area contributed by atoms with Gasteiger partial charge in [0, 0.05) is 43.0 Å². The quantitative estimate of drug-likeness (QED) is 0.793. The van der Waals surface area contributed by atoms with Crippen LogP contribution in [0.3, 0.4) is 0 Å². The van der Waals surface area contributed by atoms with Gasteiger partial charge in [0.1, 0.15) is 5.69 Å². The first-order valence-corrected chi connectivity index (χ1v) is 10.6. The lowest BCUT2D eigenvalue weighted by Crippen LogP contribution is -2.54. The van der Waals surface area contributed by atoms with E-state index in [1.165, 1.54) is 11.3 Å². The van der Waals surface area contributed by atoms with Crippen LogP contribution >= 0.6 is 11.3 Å². The standard InChI is InChI=1S/C20H25N5O2S/c1-14-8-22-16(9-21-14)10-25-13-20(6-4-18(25)26)5-3-7-24(12-20)19(27)17-11-28-15(2)23-17/h8-9,11H,3-7,10,12-13H2,1-2H3. The molecule has 7 nitrogen and oxygen atoms in total. The number of carbonyl (C=O) groups is 2. The molecular formula is C20H25N5O2S. The highest BCUT2D eigenvalue weighted by Gasteiger charge is 2.43. The smallest absolute Gasteiger partial charge is 0.273 e. The lowest BCUT2D eigenvalue weighted by atomic mass is 9.73. The van der Waals surface area contributed by atoms with Gasteiger partial charge in [-0.05, 0) is 33.1 Å². The first-order valence-electron chi connectivity index (χ1n) is 9.71. The molecule has 0 N–H and O–H groups in total. The molecule has 0 aliphatic carbocycles. The van der Waals surface area contributed by atoms with Crippen LogP contribution in [0.25, 0.3) is 0 Å². The van der Waals surface area contributed by atoms with Gasteiger partial charge in [0.25, 0.3) is 5.91 Å². The number of aromatic nitrogens is 3. The van der Waals surface area contributed by atoms with Gasteiger partial charge in [0.2, 0.25) is 5.91 Å². The average Bonchev–Trinajstić information content (AvgIpc) is 3.13. The van der Waals surface area contributed by atoms with Crippen LogP contribution in [0.5, 0.6) is 0 Å². The number of carbonyl (C=O) groups excluding carboxylic acids is 2. The van der Waals surface area contributed by atoms with Crippen molar-refractivity contribution in [3.63, 3.8) is 0 Å². The third-order valence-electron chi connectivity index (χ3n) is 5.72. The van der Waals surface area contributed by atoms with Crippen molar-refractivity contribution in [3.05, 3.63) is 39.9 Å². The Bertz CT molecular complexity index is 881. The van der Waals surface area contributed by atoms with Crippen LogP contribution in [0.15, 0.2) is 17.8 Å². The zero-order valence-corrected chi connectivity index (χ0v) is 17.2. The van der Waals surface area contributed by atoms with Gasteiger partial charge in [0.05, 0.1) is 29.1 Å². The molecule has 8 heteroatoms. The van der Waals surface area contributed by atoms with E-state index in [0.29, 0.717) is 31.7 Å². The molecule has 4 rings (SSSR count). The molecule has 4 heterocycles. The molecule has 2 saturated heterocycles. The van der Waals surface area contributed by atoms with E-state index in [4.69, 9.17) is 0 Å². The Balaban J connectivity index is 1.47. The van der Waals surface area contributed by atoms with Crippen molar-refractivity contribution in [3.8, 4) is 0 Å². The summed E-state index contributed by atoms with van der Waals surface area (Å²) in [6, 6.07) is 0. The van der Waals surface area contributed by atoms with Crippen LogP contribution in [-0.2, 0) is 11.3 Å². The highest BCUT2D eigenvalue weighted by molar-refractivity contribution is 7.09. The highest BCUT2D eigenvalue weighted by Crippen LogP contribution is 2.39. The van der Waals surface area contributed by atoms with E-state index in [1.807, 2.05) is 29.0 Å². The second-order valence-electron chi connectivity index (χ2n) is 7.98. The third kappa shape index (κ3) is 3.92. The maximum atomic E-state index is 12.9. The summed E-state index contributed by atoms with van der Waals surface area (Å²) in [6.07, 6.45) is 6.83. The Hall–Kier alpha value is -2.35. The summed E-state index contributed by atoms with van der Waals surface area (Å²) in [6.45, 7) is 6.40. The number of amides is 2. The summed E-state index contributed by atoms with van der Waals surface area (Å²) in [5.74, 6) is 0.169. The van der Waals surface area contributed by atoms with Crippen molar-refractivity contribution in [2.24, 2.45) is 5.41 Å². The summed E-state index contributed by atoms with van der Waals surface area (Å²) < 4.78 is 0. The molecule has 1 unspecified atom stereocenters. The van der Waals surface area contributed by atoms with Crippen molar-refractivity contribution in [1.82, 2.24) is 24.8 Å². The Morgan fingerprint density at radius 3 is 2.79 bits per heavy atom. The van der Waals surface area contributed by atoms with E-state index in [-0.39, 0.29) is 17.2 Å². The van der Waals surface area contributed by atoms with Gasteiger partial charge in [0.15, 0.2) is 0 Å². The minimum Gasteiger partial charge on any atom is -0.337 e. The number of thiazole rings is 1. The number of likely N-dealkylation sites (tertiary alicyclic amines) is 2. The molecule has 2 fully saturated rings. The molecule has 1 atom stereocenters. The molecule has 1 spiro atoms. The second kappa shape index (κ2) is 7.58. The Morgan fingerprint density at radius 2 is 2.07 bits per heavy atom. The molecule has 148 valence electrons. The average molecular weight is 400 g/mol. The van der Waals surface area contributed by atoms with Crippen LogP contribution in [0.2, 0.25) is 0 Å². The summed E-state index contributed by atoms with van der Waals surface area (Å²) in [4.78, 5) is 42.3. The Labute approximate surface area is 168 Å². The number of aryl methyl sites for hydroxylation is 2. The molecule has 2 aliphatic rings. The van der Waals surface area contributed by atoms with Gasteiger partial charge < -0.3 is 9.80 Å². The fourth-order valence-corrected chi connectivity index (χ4v) is 4.87. The molecular weight excluding hydrogens is 374 g/mol. The van der Waals surface area contributed by atoms with E-state index < -0.39 is 0 Å². The van der Waals surface area contributed by atoms with Crippen LogP contribution < -0.4 is 0 Å². The second-order valence-corrected chi connectivity index (χ2v) is 9.04. The fraction of sp³-hybridized carbons (Fsp3) is 0.550. The number of hydrogen-bond acceptors (Lipinski definition) is 6. The van der Waals surface area contributed by atoms with Crippen molar-refractivity contribution in [2.45, 2.75) is 46.1 Å². The minimum absolute atomic E-state index is 0.0104. The first kappa shape index (κ1) is 19.0. The number of nitrogens with zero attached hydrogens (tertiary/aromatic N) is 5. The predicted octanol–water partition coefficient (Wildman–Crippen LogP) is 2.59. The first-order chi connectivity index (χ1) is 13.4. The number of hydrogen-bond donors (Lipinski definition) is 0. The molecule has 0 aromatic carbocycles. The minimum atomic E-state index is -0.0367. The summed E-state index contributed by atoms with van der Waals surface area (Å²) in [5.41, 5.74) is 2.17. The van der Waals surface area contributed by atoms with Crippen molar-refractivity contribution >= 4 is 23.2 Å². The van der Waals surface area contributed by atoms with Gasteiger partial charge in [-0.25, -0.2) is 4.98 Å². The van der Waals surface area contributed by atoms with Gasteiger partial charge in [-0.2, -0.15) is 0 Å². The summed E-state index contributed by atoms with van der Waals surface area (Å²) in [7, 11) is 0. The molecule has 0 radical (unpaired) electrons. The van der Waals surface area contributed by atoms with Gasteiger partial charge in [-0.3, -0.25) is 19.6 Å². The van der Waals surface area contributed by atoms with E-state index in [9.17, 15) is 9.59 Å². The predicted molar refractivity (Wildman–Crippen MR) is 106 cm³/mol. The SMILES string of the molecule is Cc1cnc(CN2CC3(CCCN(C(=O)c4csc(C)n4)C3)CCC2=O)cn1. The normalized spacial score (nSPS) is 22.7. The molecule has 0 bridgehead atoms. The number of piperidine rings is 2. The fourth-order valence-electron chi connectivity index (χ4n) is 4.28. The molecule has 2 aromatic rings. The maximum Gasteiger partial charge on any atom is 0.273 e. The van der Waals surface area contributed by atoms with E-state index in [1.54, 1.807) is 12.4 Å². The van der Waals surface area contributed by atoms with Crippen LogP contribution in [-0.4, -0.2) is 56.2 Å². The molecule has 2 aromatic heterocycles. The Kier molecular flexibility index (Phi) is 5.14. The maximum absolute atomic E-state index is 12.9. The van der Waals surface area contributed by atoms with Crippen LogP contribution in [0.4, 0.5) is 0 Å².